The molecule has 1 aliphatic rings. The number of hydrogen-bond acceptors (Lipinski definition) is 6. The summed E-state index contributed by atoms with van der Waals surface area (Å²) in [6.45, 7) is 9.21. The molecule has 21 heavy (non-hydrogen) atoms. The smallest absolute Gasteiger partial charge is 0.203 e. The van der Waals surface area contributed by atoms with E-state index >= 15 is 0 Å². The summed E-state index contributed by atoms with van der Waals surface area (Å²) in [7, 11) is 0. The number of piperazine rings is 1. The van der Waals surface area contributed by atoms with Crippen LogP contribution in [0.4, 0.5) is 5.82 Å². The van der Waals surface area contributed by atoms with Crippen molar-refractivity contribution in [2.45, 2.75) is 26.3 Å². The molecule has 3 heterocycles. The van der Waals surface area contributed by atoms with E-state index in [1.165, 1.54) is 0 Å². The second-order valence-corrected chi connectivity index (χ2v) is 5.84. The zero-order chi connectivity index (χ0) is 15.0. The van der Waals surface area contributed by atoms with Gasteiger partial charge in [0.2, 0.25) is 5.65 Å². The molecule has 0 bridgehead atoms. The van der Waals surface area contributed by atoms with Crippen LogP contribution < -0.4 is 4.90 Å². The van der Waals surface area contributed by atoms with E-state index < -0.39 is 5.54 Å². The van der Waals surface area contributed by atoms with Gasteiger partial charge in [-0.25, -0.2) is 4.98 Å². The lowest BCUT2D eigenvalue weighted by atomic mass is 10.0. The van der Waals surface area contributed by atoms with Crippen molar-refractivity contribution in [3.63, 3.8) is 0 Å². The first-order valence-corrected chi connectivity index (χ1v) is 7.10. The molecule has 0 aliphatic carbocycles. The van der Waals surface area contributed by atoms with Gasteiger partial charge in [-0.2, -0.15) is 5.26 Å². The second kappa shape index (κ2) is 4.97. The molecular weight excluding hydrogens is 266 g/mol. The highest BCUT2D eigenvalue weighted by molar-refractivity contribution is 5.63. The molecule has 0 N–H and O–H groups in total. The van der Waals surface area contributed by atoms with Crippen LogP contribution in [0.15, 0.2) is 12.4 Å². The lowest BCUT2D eigenvalue weighted by Crippen LogP contribution is -2.54. The monoisotopic (exact) mass is 285 g/mol. The molecule has 2 aromatic heterocycles. The highest BCUT2D eigenvalue weighted by Crippen LogP contribution is 2.22. The van der Waals surface area contributed by atoms with Crippen molar-refractivity contribution < 1.29 is 0 Å². The molecule has 0 saturated carbocycles. The molecule has 1 saturated heterocycles. The Hall–Kier alpha value is -2.20. The summed E-state index contributed by atoms with van der Waals surface area (Å²) in [5, 5.41) is 17.6. The SMILES string of the molecule is Cc1nnc2c(N3CCN(C(C)(C)C#N)CC3)nccn12. The van der Waals surface area contributed by atoms with Gasteiger partial charge in [-0.1, -0.05) is 0 Å². The Balaban J connectivity index is 1.82. The van der Waals surface area contributed by atoms with Gasteiger partial charge in [0, 0.05) is 38.6 Å². The Morgan fingerprint density at radius 1 is 1.19 bits per heavy atom. The minimum atomic E-state index is -0.420. The van der Waals surface area contributed by atoms with Gasteiger partial charge in [-0.15, -0.1) is 10.2 Å². The normalized spacial score (nSPS) is 17.1. The molecule has 0 amide bonds. The fraction of sp³-hybridized carbons (Fsp3) is 0.571. The minimum Gasteiger partial charge on any atom is -0.351 e. The molecule has 2 aromatic rings. The molecule has 1 fully saturated rings. The molecule has 7 heteroatoms. The lowest BCUT2D eigenvalue weighted by Gasteiger charge is -2.40. The lowest BCUT2D eigenvalue weighted by molar-refractivity contribution is 0.158. The van der Waals surface area contributed by atoms with Crippen molar-refractivity contribution in [3.05, 3.63) is 18.2 Å². The first-order valence-electron chi connectivity index (χ1n) is 7.10. The number of nitriles is 1. The summed E-state index contributed by atoms with van der Waals surface area (Å²) >= 11 is 0. The van der Waals surface area contributed by atoms with Crippen molar-refractivity contribution in [3.8, 4) is 6.07 Å². The summed E-state index contributed by atoms with van der Waals surface area (Å²) in [6, 6.07) is 2.36. The number of fused-ring (bicyclic) bond motifs is 1. The van der Waals surface area contributed by atoms with Gasteiger partial charge >= 0.3 is 0 Å². The van der Waals surface area contributed by atoms with Crippen molar-refractivity contribution in [1.82, 2.24) is 24.5 Å². The Morgan fingerprint density at radius 3 is 2.57 bits per heavy atom. The average molecular weight is 285 g/mol. The molecule has 7 nitrogen and oxygen atoms in total. The summed E-state index contributed by atoms with van der Waals surface area (Å²) in [5.74, 6) is 1.73. The minimum absolute atomic E-state index is 0.420. The fourth-order valence-corrected chi connectivity index (χ4v) is 2.70. The summed E-state index contributed by atoms with van der Waals surface area (Å²) in [5.41, 5.74) is 0.375. The average Bonchev–Trinajstić information content (AvgIpc) is 2.89. The van der Waals surface area contributed by atoms with Crippen LogP contribution in [0.2, 0.25) is 0 Å². The maximum atomic E-state index is 9.23. The van der Waals surface area contributed by atoms with Gasteiger partial charge in [0.05, 0.1) is 6.07 Å². The summed E-state index contributed by atoms with van der Waals surface area (Å²) in [6.07, 6.45) is 3.66. The van der Waals surface area contributed by atoms with E-state index in [1.807, 2.05) is 31.4 Å². The molecular formula is C14H19N7. The third-order valence-corrected chi connectivity index (χ3v) is 4.12. The van der Waals surface area contributed by atoms with E-state index in [4.69, 9.17) is 0 Å². The van der Waals surface area contributed by atoms with Gasteiger partial charge < -0.3 is 4.90 Å². The number of rotatable bonds is 2. The van der Waals surface area contributed by atoms with Crippen LogP contribution >= 0.6 is 0 Å². The van der Waals surface area contributed by atoms with Gasteiger partial charge in [-0.05, 0) is 20.8 Å². The Morgan fingerprint density at radius 2 is 1.90 bits per heavy atom. The van der Waals surface area contributed by atoms with Crippen LogP contribution in [0.5, 0.6) is 0 Å². The predicted octanol–water partition coefficient (Wildman–Crippen LogP) is 0.857. The maximum absolute atomic E-state index is 9.23. The highest BCUT2D eigenvalue weighted by Gasteiger charge is 2.30. The van der Waals surface area contributed by atoms with E-state index in [9.17, 15) is 5.26 Å². The van der Waals surface area contributed by atoms with Crippen LogP contribution in [-0.4, -0.2) is 56.2 Å². The first-order chi connectivity index (χ1) is 10.0. The van der Waals surface area contributed by atoms with Crippen molar-refractivity contribution in [1.29, 1.82) is 5.26 Å². The quantitative estimate of drug-likeness (QED) is 0.814. The molecule has 1 aliphatic heterocycles. The number of aromatic nitrogens is 4. The fourth-order valence-electron chi connectivity index (χ4n) is 2.70. The molecule has 0 atom stereocenters. The second-order valence-electron chi connectivity index (χ2n) is 5.84. The maximum Gasteiger partial charge on any atom is 0.203 e. The van der Waals surface area contributed by atoms with E-state index in [0.29, 0.717) is 0 Å². The van der Waals surface area contributed by atoms with Crippen molar-refractivity contribution in [2.24, 2.45) is 0 Å². The van der Waals surface area contributed by atoms with E-state index in [0.717, 1.165) is 43.5 Å². The van der Waals surface area contributed by atoms with Gasteiger partial charge in [-0.3, -0.25) is 9.30 Å². The zero-order valence-corrected chi connectivity index (χ0v) is 12.6. The van der Waals surface area contributed by atoms with Crippen LogP contribution in [-0.2, 0) is 0 Å². The highest BCUT2D eigenvalue weighted by atomic mass is 15.3. The van der Waals surface area contributed by atoms with E-state index in [-0.39, 0.29) is 0 Å². The Labute approximate surface area is 123 Å². The topological polar surface area (TPSA) is 73.3 Å². The largest absolute Gasteiger partial charge is 0.351 e. The first kappa shape index (κ1) is 13.8. The predicted molar refractivity (Wildman–Crippen MR) is 79.0 cm³/mol. The molecule has 0 spiro atoms. The van der Waals surface area contributed by atoms with E-state index in [2.05, 4.69) is 31.1 Å². The number of anilines is 1. The molecule has 0 unspecified atom stereocenters. The van der Waals surface area contributed by atoms with Crippen molar-refractivity contribution in [2.75, 3.05) is 31.1 Å². The Kier molecular flexibility index (Phi) is 3.26. The summed E-state index contributed by atoms with van der Waals surface area (Å²) < 4.78 is 1.95. The molecule has 0 aromatic carbocycles. The number of aryl methyl sites for hydroxylation is 1. The van der Waals surface area contributed by atoms with Crippen molar-refractivity contribution >= 4 is 11.5 Å². The number of hydrogen-bond donors (Lipinski definition) is 0. The third-order valence-electron chi connectivity index (χ3n) is 4.12. The van der Waals surface area contributed by atoms with E-state index in [1.54, 1.807) is 6.20 Å². The van der Waals surface area contributed by atoms with Gasteiger partial charge in [0.15, 0.2) is 5.82 Å². The molecule has 110 valence electrons. The summed E-state index contributed by atoms with van der Waals surface area (Å²) in [4.78, 5) is 8.89. The van der Waals surface area contributed by atoms with Gasteiger partial charge in [0.25, 0.3) is 0 Å². The van der Waals surface area contributed by atoms with Gasteiger partial charge in [0.1, 0.15) is 11.4 Å². The zero-order valence-electron chi connectivity index (χ0n) is 12.6. The molecule has 3 rings (SSSR count). The van der Waals surface area contributed by atoms with Crippen LogP contribution in [0.1, 0.15) is 19.7 Å². The van der Waals surface area contributed by atoms with Crippen LogP contribution in [0.25, 0.3) is 5.65 Å². The standard InChI is InChI=1S/C14H19N7/c1-11-17-18-13-12(16-4-5-21(11)13)19-6-8-20(9-7-19)14(2,3)10-15/h4-5H,6-9H2,1-3H3. The Bertz CT molecular complexity index is 689. The number of nitrogens with zero attached hydrogens (tertiary/aromatic N) is 7. The van der Waals surface area contributed by atoms with Crippen LogP contribution in [0, 0.1) is 18.3 Å². The third kappa shape index (κ3) is 2.32. The van der Waals surface area contributed by atoms with Crippen LogP contribution in [0.3, 0.4) is 0 Å². The molecule has 0 radical (unpaired) electrons.